The monoisotopic (exact) mass is 1260 g/mol. The van der Waals surface area contributed by atoms with Crippen molar-refractivity contribution in [2.24, 2.45) is 0 Å². The van der Waals surface area contributed by atoms with Gasteiger partial charge in [0.2, 0.25) is 5.91 Å². The molecule has 3 heterocycles. The predicted molar refractivity (Wildman–Crippen MR) is 342 cm³/mol. The number of rotatable bonds is 56. The summed E-state index contributed by atoms with van der Waals surface area (Å²) in [5.41, 5.74) is 0. The van der Waals surface area contributed by atoms with Crippen LogP contribution in [0.25, 0.3) is 0 Å². The minimum Gasteiger partial charge on any atom is -0.394 e. The van der Waals surface area contributed by atoms with E-state index < -0.39 is 124 Å². The third-order valence-electron chi connectivity index (χ3n) is 18.3. The van der Waals surface area contributed by atoms with Gasteiger partial charge in [-0.1, -0.05) is 276 Å². The van der Waals surface area contributed by atoms with Gasteiger partial charge in [-0.25, -0.2) is 0 Å². The van der Waals surface area contributed by atoms with Crippen molar-refractivity contribution in [2.75, 3.05) is 26.4 Å². The smallest absolute Gasteiger partial charge is 0.220 e. The summed E-state index contributed by atoms with van der Waals surface area (Å²) >= 11 is 0. The van der Waals surface area contributed by atoms with Gasteiger partial charge in [-0.2, -0.15) is 0 Å². The van der Waals surface area contributed by atoms with Crippen LogP contribution in [0.15, 0.2) is 12.2 Å². The minimum atomic E-state index is -1.97. The van der Waals surface area contributed by atoms with Crippen LogP contribution in [0.2, 0.25) is 0 Å². The number of amides is 1. The third kappa shape index (κ3) is 33.6. The molecule has 0 aromatic carbocycles. The number of ether oxygens (including phenoxy) is 6. The Morgan fingerprint density at radius 1 is 0.398 bits per heavy atom. The second kappa shape index (κ2) is 51.9. The van der Waals surface area contributed by atoms with Gasteiger partial charge in [0, 0.05) is 6.42 Å². The molecule has 12 N–H and O–H groups in total. The second-order valence-corrected chi connectivity index (χ2v) is 26.1. The Morgan fingerprint density at radius 3 is 1.07 bits per heavy atom. The van der Waals surface area contributed by atoms with Gasteiger partial charge in [0.1, 0.15) is 73.2 Å². The largest absolute Gasteiger partial charge is 0.394 e. The maximum absolute atomic E-state index is 13.4. The zero-order valence-electron chi connectivity index (χ0n) is 55.0. The number of carbonyl (C=O) groups excluding carboxylic acids is 1. The lowest BCUT2D eigenvalue weighted by atomic mass is 9.96. The molecule has 3 aliphatic heterocycles. The van der Waals surface area contributed by atoms with Crippen LogP contribution in [0.4, 0.5) is 0 Å². The Morgan fingerprint density at radius 2 is 0.705 bits per heavy atom. The van der Waals surface area contributed by atoms with Crippen LogP contribution in [0, 0.1) is 0 Å². The summed E-state index contributed by atoms with van der Waals surface area (Å²) in [7, 11) is 0. The number of allylic oxidation sites excluding steroid dienone is 1. The molecule has 19 heteroatoms. The molecule has 3 rings (SSSR count). The van der Waals surface area contributed by atoms with Crippen molar-refractivity contribution in [3.8, 4) is 0 Å². The molecule has 3 fully saturated rings. The molecule has 1 amide bonds. The van der Waals surface area contributed by atoms with E-state index in [1.54, 1.807) is 6.08 Å². The molecule has 0 bridgehead atoms. The Labute approximate surface area is 531 Å². The predicted octanol–water partition coefficient (Wildman–Crippen LogP) is 9.67. The highest BCUT2D eigenvalue weighted by molar-refractivity contribution is 5.76. The first-order valence-electron chi connectivity index (χ1n) is 35.9. The average Bonchev–Trinajstić information content (AvgIpc) is 1.86. The first kappa shape index (κ1) is 80.8. The number of aliphatic hydroxyl groups excluding tert-OH is 11. The summed E-state index contributed by atoms with van der Waals surface area (Å²) in [5.74, 6) is -0.271. The molecule has 520 valence electrons. The Bertz CT molecular complexity index is 1650. The van der Waals surface area contributed by atoms with Gasteiger partial charge in [-0.05, 0) is 19.3 Å². The van der Waals surface area contributed by atoms with Crippen LogP contribution in [-0.4, -0.2) is 193 Å². The van der Waals surface area contributed by atoms with Crippen molar-refractivity contribution in [2.45, 2.75) is 394 Å². The minimum absolute atomic E-state index is 0.249. The number of hydrogen-bond donors (Lipinski definition) is 12. The Hall–Kier alpha value is -1.47. The zero-order valence-corrected chi connectivity index (χ0v) is 55.0. The molecule has 0 aromatic heterocycles. The van der Waals surface area contributed by atoms with E-state index >= 15 is 0 Å². The van der Waals surface area contributed by atoms with Gasteiger partial charge in [0.25, 0.3) is 0 Å². The molecule has 0 aliphatic carbocycles. The highest BCUT2D eigenvalue weighted by Crippen LogP contribution is 2.33. The number of hydrogen-bond acceptors (Lipinski definition) is 18. The van der Waals surface area contributed by atoms with Crippen molar-refractivity contribution in [1.82, 2.24) is 5.32 Å². The maximum Gasteiger partial charge on any atom is 0.220 e. The summed E-state index contributed by atoms with van der Waals surface area (Å²) in [5, 5.41) is 120. The van der Waals surface area contributed by atoms with Crippen LogP contribution in [-0.2, 0) is 33.2 Å². The molecule has 0 spiro atoms. The van der Waals surface area contributed by atoms with E-state index in [1.165, 1.54) is 218 Å². The highest BCUT2D eigenvalue weighted by Gasteiger charge is 2.53. The molecule has 0 aromatic rings. The number of nitrogens with one attached hydrogen (secondary N) is 1. The summed E-state index contributed by atoms with van der Waals surface area (Å²) in [6.45, 7) is 1.73. The van der Waals surface area contributed by atoms with E-state index in [2.05, 4.69) is 19.2 Å². The standard InChI is InChI=1S/C69H131NO18/c1-3-5-7-9-11-13-15-16-17-18-19-20-21-22-23-24-25-26-27-28-29-30-31-32-33-34-35-36-37-39-41-43-45-47-57(75)70-52(53(74)46-44-42-40-38-14-12-10-8-6-4-2)51-83-67-63(81)60(78)65(55(49-72)85-67)88-69-64(82)61(79)66(56(50-73)86-69)87-68-62(80)59(77)58(76)54(48-71)84-68/h44,46,52-56,58-69,71-74,76-82H,3-43,45,47-51H2,1-2H3,(H,70,75)/b46-44+. The molecule has 17 atom stereocenters. The summed E-state index contributed by atoms with van der Waals surface area (Å²) in [6.07, 6.45) is 31.0. The van der Waals surface area contributed by atoms with Crippen molar-refractivity contribution in [1.29, 1.82) is 0 Å². The van der Waals surface area contributed by atoms with Gasteiger partial charge in [0.15, 0.2) is 18.9 Å². The van der Waals surface area contributed by atoms with Crippen LogP contribution in [0.5, 0.6) is 0 Å². The second-order valence-electron chi connectivity index (χ2n) is 26.1. The number of carbonyl (C=O) groups is 1. The third-order valence-corrected chi connectivity index (χ3v) is 18.3. The van der Waals surface area contributed by atoms with Crippen LogP contribution >= 0.6 is 0 Å². The molecular formula is C69H131NO18. The fourth-order valence-corrected chi connectivity index (χ4v) is 12.5. The quantitative estimate of drug-likeness (QED) is 0.0199. The molecule has 17 unspecified atom stereocenters. The summed E-state index contributed by atoms with van der Waals surface area (Å²) in [6, 6.07) is -0.967. The fourth-order valence-electron chi connectivity index (χ4n) is 12.5. The van der Waals surface area contributed by atoms with Gasteiger partial charge >= 0.3 is 0 Å². The van der Waals surface area contributed by atoms with Gasteiger partial charge in [0.05, 0.1) is 38.6 Å². The lowest BCUT2D eigenvalue weighted by Gasteiger charge is -2.48. The molecule has 3 saturated heterocycles. The van der Waals surface area contributed by atoms with Crippen molar-refractivity contribution >= 4 is 5.91 Å². The van der Waals surface area contributed by atoms with E-state index in [0.29, 0.717) is 6.42 Å². The van der Waals surface area contributed by atoms with Crippen molar-refractivity contribution in [3.05, 3.63) is 12.2 Å². The maximum atomic E-state index is 13.4. The molecule has 0 saturated carbocycles. The molecule has 88 heavy (non-hydrogen) atoms. The van der Waals surface area contributed by atoms with Gasteiger partial charge < -0.3 is 89.9 Å². The molecule has 0 radical (unpaired) electrons. The Balaban J connectivity index is 1.31. The van der Waals surface area contributed by atoms with Crippen LogP contribution in [0.3, 0.4) is 0 Å². The van der Waals surface area contributed by atoms with Crippen molar-refractivity contribution < 1.29 is 89.4 Å². The van der Waals surface area contributed by atoms with E-state index in [-0.39, 0.29) is 18.9 Å². The summed E-state index contributed by atoms with van der Waals surface area (Å²) in [4.78, 5) is 13.4. The first-order valence-corrected chi connectivity index (χ1v) is 35.9. The topological polar surface area (TPSA) is 307 Å². The first-order chi connectivity index (χ1) is 42.8. The van der Waals surface area contributed by atoms with E-state index in [4.69, 9.17) is 28.4 Å². The van der Waals surface area contributed by atoms with Crippen LogP contribution in [0.1, 0.15) is 290 Å². The van der Waals surface area contributed by atoms with E-state index in [9.17, 15) is 61.0 Å². The average molecular weight is 1260 g/mol. The SMILES string of the molecule is CCCCCCCCCC/C=C/C(O)C(COC1OC(CO)C(OC2OC(CO)C(OC3OC(CO)C(O)C(O)C3O)C(O)C2O)C(O)C1O)NC(=O)CCCCCCCCCCCCCCCCCCCCCCCCCCCCCCCCCCC. The zero-order chi connectivity index (χ0) is 64.0. The summed E-state index contributed by atoms with van der Waals surface area (Å²) < 4.78 is 34.3. The highest BCUT2D eigenvalue weighted by atomic mass is 16.8. The lowest BCUT2D eigenvalue weighted by Crippen LogP contribution is -2.66. The Kier molecular flexibility index (Phi) is 47.6. The molecular weight excluding hydrogens is 1130 g/mol. The van der Waals surface area contributed by atoms with Crippen LogP contribution < -0.4 is 5.32 Å². The normalized spacial score (nSPS) is 28.4. The molecule has 3 aliphatic rings. The number of aliphatic hydroxyl groups is 11. The fraction of sp³-hybridized carbons (Fsp3) is 0.957. The van der Waals surface area contributed by atoms with E-state index in [1.807, 2.05) is 6.08 Å². The number of unbranched alkanes of at least 4 members (excludes halogenated alkanes) is 40. The van der Waals surface area contributed by atoms with Crippen molar-refractivity contribution in [3.63, 3.8) is 0 Å². The van der Waals surface area contributed by atoms with Gasteiger partial charge in [-0.3, -0.25) is 4.79 Å². The van der Waals surface area contributed by atoms with E-state index in [0.717, 1.165) is 44.9 Å². The van der Waals surface area contributed by atoms with Gasteiger partial charge in [-0.15, -0.1) is 0 Å². The lowest BCUT2D eigenvalue weighted by molar-refractivity contribution is -0.379. The molecule has 19 nitrogen and oxygen atoms in total.